The molecule has 1 heterocycles. The molecule has 0 radical (unpaired) electrons. The van der Waals surface area contributed by atoms with Gasteiger partial charge in [-0.2, -0.15) is 0 Å². The second-order valence-electron chi connectivity index (χ2n) is 5.31. The monoisotopic (exact) mass is 279 g/mol. The second-order valence-corrected chi connectivity index (χ2v) is 5.31. The van der Waals surface area contributed by atoms with E-state index in [0.717, 1.165) is 37.4 Å². The van der Waals surface area contributed by atoms with E-state index in [1.54, 1.807) is 14.2 Å². The highest BCUT2D eigenvalue weighted by Gasteiger charge is 2.17. The molecule has 0 aliphatic carbocycles. The Balaban J connectivity index is 1.95. The molecule has 1 N–H and O–H groups in total. The van der Waals surface area contributed by atoms with Crippen LogP contribution in [-0.4, -0.2) is 43.9 Å². The van der Waals surface area contributed by atoms with E-state index in [1.165, 1.54) is 19.3 Å². The number of hydrogen-bond acceptors (Lipinski definition) is 4. The van der Waals surface area contributed by atoms with Crippen LogP contribution in [0.5, 0.6) is 11.5 Å². The van der Waals surface area contributed by atoms with Crippen LogP contribution in [0.3, 0.4) is 0 Å². The normalized spacial score (nSPS) is 17.8. The van der Waals surface area contributed by atoms with Crippen molar-refractivity contribution in [1.82, 2.24) is 4.90 Å². The molecular weight excluding hydrogens is 254 g/mol. The van der Waals surface area contributed by atoms with Crippen LogP contribution in [0, 0.1) is 0 Å². The number of rotatable bonds is 6. The van der Waals surface area contributed by atoms with E-state index in [1.807, 2.05) is 18.2 Å². The van der Waals surface area contributed by atoms with Gasteiger partial charge in [0.05, 0.1) is 20.3 Å². The third-order valence-electron chi connectivity index (χ3n) is 3.97. The van der Waals surface area contributed by atoms with E-state index in [2.05, 4.69) is 4.90 Å². The Morgan fingerprint density at radius 2 is 1.90 bits per heavy atom. The zero-order chi connectivity index (χ0) is 14.4. The number of benzene rings is 1. The van der Waals surface area contributed by atoms with Gasteiger partial charge in [-0.15, -0.1) is 0 Å². The Kier molecular flexibility index (Phi) is 5.68. The van der Waals surface area contributed by atoms with Crippen molar-refractivity contribution in [2.24, 2.45) is 0 Å². The molecule has 0 amide bonds. The topological polar surface area (TPSA) is 41.9 Å². The first-order chi connectivity index (χ1) is 9.74. The fourth-order valence-electron chi connectivity index (χ4n) is 2.74. The molecule has 1 unspecified atom stereocenters. The van der Waals surface area contributed by atoms with Gasteiger partial charge in [-0.3, -0.25) is 0 Å². The number of aliphatic hydroxyl groups is 1. The van der Waals surface area contributed by atoms with Gasteiger partial charge < -0.3 is 19.5 Å². The number of ether oxygens (including phenoxy) is 2. The molecule has 1 fully saturated rings. The summed E-state index contributed by atoms with van der Waals surface area (Å²) >= 11 is 0. The van der Waals surface area contributed by atoms with Crippen molar-refractivity contribution in [3.05, 3.63) is 23.8 Å². The van der Waals surface area contributed by atoms with E-state index in [4.69, 9.17) is 9.47 Å². The molecule has 1 atom stereocenters. The number of methoxy groups -OCH3 is 2. The number of aliphatic hydroxyl groups excluding tert-OH is 1. The first-order valence-electron chi connectivity index (χ1n) is 7.37. The number of piperidine rings is 1. The molecule has 20 heavy (non-hydrogen) atoms. The average Bonchev–Trinajstić information content (AvgIpc) is 2.52. The molecule has 1 aliphatic rings. The van der Waals surface area contributed by atoms with Crippen molar-refractivity contribution in [2.45, 2.75) is 31.8 Å². The Morgan fingerprint density at radius 1 is 1.15 bits per heavy atom. The van der Waals surface area contributed by atoms with Crippen molar-refractivity contribution in [3.63, 3.8) is 0 Å². The lowest BCUT2D eigenvalue weighted by atomic mass is 10.0. The zero-order valence-electron chi connectivity index (χ0n) is 12.5. The summed E-state index contributed by atoms with van der Waals surface area (Å²) < 4.78 is 10.5. The van der Waals surface area contributed by atoms with Gasteiger partial charge in [-0.05, 0) is 44.5 Å². The average molecular weight is 279 g/mol. The second kappa shape index (κ2) is 7.50. The zero-order valence-corrected chi connectivity index (χ0v) is 12.5. The summed E-state index contributed by atoms with van der Waals surface area (Å²) in [6.45, 7) is 3.26. The highest BCUT2D eigenvalue weighted by Crippen LogP contribution is 2.31. The molecule has 4 heteroatoms. The molecule has 0 spiro atoms. The fraction of sp³-hybridized carbons (Fsp3) is 0.625. The van der Waals surface area contributed by atoms with Gasteiger partial charge in [0.25, 0.3) is 0 Å². The molecule has 1 aromatic carbocycles. The molecule has 0 saturated carbocycles. The van der Waals surface area contributed by atoms with Gasteiger partial charge in [-0.1, -0.05) is 6.42 Å². The maximum Gasteiger partial charge on any atom is 0.128 e. The Labute approximate surface area is 121 Å². The molecule has 4 nitrogen and oxygen atoms in total. The third-order valence-corrected chi connectivity index (χ3v) is 3.97. The number of likely N-dealkylation sites (tertiary alicyclic amines) is 1. The molecule has 1 aromatic rings. The van der Waals surface area contributed by atoms with Crippen LogP contribution < -0.4 is 9.47 Å². The summed E-state index contributed by atoms with van der Waals surface area (Å²) in [6, 6.07) is 5.57. The first kappa shape index (κ1) is 15.1. The molecule has 0 aromatic heterocycles. The van der Waals surface area contributed by atoms with E-state index in [9.17, 15) is 5.11 Å². The largest absolute Gasteiger partial charge is 0.497 e. The highest BCUT2D eigenvalue weighted by atomic mass is 16.5. The number of hydrogen-bond donors (Lipinski definition) is 1. The Morgan fingerprint density at radius 3 is 2.55 bits per heavy atom. The lowest BCUT2D eigenvalue weighted by Crippen LogP contribution is -2.31. The quantitative estimate of drug-likeness (QED) is 0.869. The molecule has 1 saturated heterocycles. The van der Waals surface area contributed by atoms with Crippen LogP contribution >= 0.6 is 0 Å². The summed E-state index contributed by atoms with van der Waals surface area (Å²) in [5.74, 6) is 1.43. The minimum atomic E-state index is -0.488. The maximum atomic E-state index is 10.4. The minimum Gasteiger partial charge on any atom is -0.497 e. The summed E-state index contributed by atoms with van der Waals surface area (Å²) in [5.41, 5.74) is 0.838. The third kappa shape index (κ3) is 3.87. The van der Waals surface area contributed by atoms with E-state index in [-0.39, 0.29) is 0 Å². The van der Waals surface area contributed by atoms with E-state index >= 15 is 0 Å². The van der Waals surface area contributed by atoms with Crippen LogP contribution in [0.15, 0.2) is 18.2 Å². The predicted octanol–water partition coefficient (Wildman–Crippen LogP) is 2.61. The van der Waals surface area contributed by atoms with Gasteiger partial charge in [0.2, 0.25) is 0 Å². The van der Waals surface area contributed by atoms with Crippen molar-refractivity contribution in [2.75, 3.05) is 33.9 Å². The Hall–Kier alpha value is -1.26. The maximum absolute atomic E-state index is 10.4. The van der Waals surface area contributed by atoms with Crippen LogP contribution in [-0.2, 0) is 0 Å². The highest BCUT2D eigenvalue weighted by molar-refractivity contribution is 5.41. The fourth-order valence-corrected chi connectivity index (χ4v) is 2.74. The molecular formula is C16H25NO3. The molecule has 112 valence electrons. The van der Waals surface area contributed by atoms with Gasteiger partial charge in [0.1, 0.15) is 11.5 Å². The van der Waals surface area contributed by atoms with Gasteiger partial charge in [0, 0.05) is 18.2 Å². The first-order valence-corrected chi connectivity index (χ1v) is 7.37. The van der Waals surface area contributed by atoms with Gasteiger partial charge in [-0.25, -0.2) is 0 Å². The van der Waals surface area contributed by atoms with Gasteiger partial charge >= 0.3 is 0 Å². The Bertz CT molecular complexity index is 416. The van der Waals surface area contributed by atoms with Crippen molar-refractivity contribution >= 4 is 0 Å². The molecule has 2 rings (SSSR count). The van der Waals surface area contributed by atoms with E-state index in [0.29, 0.717) is 5.75 Å². The van der Waals surface area contributed by atoms with Crippen LogP contribution in [0.4, 0.5) is 0 Å². The summed E-state index contributed by atoms with van der Waals surface area (Å²) in [5, 5.41) is 10.4. The SMILES string of the molecule is COc1ccc(C(O)CCN2CCCCC2)c(OC)c1. The summed E-state index contributed by atoms with van der Waals surface area (Å²) in [6.07, 6.45) is 4.15. The van der Waals surface area contributed by atoms with Gasteiger partial charge in [0.15, 0.2) is 0 Å². The van der Waals surface area contributed by atoms with Crippen LogP contribution in [0.25, 0.3) is 0 Å². The molecule has 1 aliphatic heterocycles. The van der Waals surface area contributed by atoms with Crippen molar-refractivity contribution in [3.8, 4) is 11.5 Å². The smallest absolute Gasteiger partial charge is 0.128 e. The van der Waals surface area contributed by atoms with Crippen LogP contribution in [0.1, 0.15) is 37.4 Å². The van der Waals surface area contributed by atoms with Crippen molar-refractivity contribution < 1.29 is 14.6 Å². The minimum absolute atomic E-state index is 0.488. The van der Waals surface area contributed by atoms with E-state index < -0.39 is 6.10 Å². The molecule has 0 bridgehead atoms. The summed E-state index contributed by atoms with van der Waals surface area (Å²) in [4.78, 5) is 2.43. The van der Waals surface area contributed by atoms with Crippen molar-refractivity contribution in [1.29, 1.82) is 0 Å². The standard InChI is InChI=1S/C16H25NO3/c1-19-13-6-7-14(16(12-13)20-2)15(18)8-11-17-9-4-3-5-10-17/h6-7,12,15,18H,3-5,8-11H2,1-2H3. The predicted molar refractivity (Wildman–Crippen MR) is 79.4 cm³/mol. The number of nitrogens with zero attached hydrogens (tertiary/aromatic N) is 1. The summed E-state index contributed by atoms with van der Waals surface area (Å²) in [7, 11) is 3.25. The van der Waals surface area contributed by atoms with Crippen LogP contribution in [0.2, 0.25) is 0 Å². The lowest BCUT2D eigenvalue weighted by molar-refractivity contribution is 0.131. The lowest BCUT2D eigenvalue weighted by Gasteiger charge is -2.27.